The van der Waals surface area contributed by atoms with E-state index < -0.39 is 40.8 Å². The zero-order valence-corrected chi connectivity index (χ0v) is 21.6. The van der Waals surface area contributed by atoms with E-state index in [2.05, 4.69) is 34.6 Å². The summed E-state index contributed by atoms with van der Waals surface area (Å²) in [4.78, 5) is 25.7. The summed E-state index contributed by atoms with van der Waals surface area (Å²) in [7, 11) is 0. The van der Waals surface area contributed by atoms with E-state index in [1.54, 1.807) is 12.5 Å². The average molecular weight is 487 g/mol. The number of hydrogen-bond donors (Lipinski definition) is 1. The molecule has 1 spiro atoms. The second kappa shape index (κ2) is 6.91. The molecule has 1 aromatic heterocycles. The molecule has 0 bridgehead atoms. The largest absolute Gasteiger partial charge is 0.472 e. The number of esters is 2. The summed E-state index contributed by atoms with van der Waals surface area (Å²) in [5.41, 5.74) is -1.42. The second-order valence-electron chi connectivity index (χ2n) is 13.2. The lowest BCUT2D eigenvalue weighted by molar-refractivity contribution is -0.275. The van der Waals surface area contributed by atoms with Crippen LogP contribution < -0.4 is 0 Å². The van der Waals surface area contributed by atoms with Gasteiger partial charge in [-0.15, -0.1) is 0 Å². The fourth-order valence-electron chi connectivity index (χ4n) is 9.88. The molecule has 0 aromatic carbocycles. The van der Waals surface area contributed by atoms with Crippen molar-refractivity contribution in [1.29, 1.82) is 0 Å². The van der Waals surface area contributed by atoms with E-state index in [4.69, 9.17) is 18.6 Å². The Morgan fingerprint density at radius 2 is 1.83 bits per heavy atom. The molecule has 7 nitrogen and oxygen atoms in total. The zero-order chi connectivity index (χ0) is 25.2. The minimum absolute atomic E-state index is 0.0762. The van der Waals surface area contributed by atoms with E-state index in [0.717, 1.165) is 31.2 Å². The van der Waals surface area contributed by atoms with E-state index >= 15 is 0 Å². The highest BCUT2D eigenvalue weighted by atomic mass is 16.7. The van der Waals surface area contributed by atoms with Crippen LogP contribution in [-0.4, -0.2) is 41.0 Å². The predicted octanol–water partition coefficient (Wildman–Crippen LogP) is 4.58. The number of furan rings is 1. The Morgan fingerprint density at radius 3 is 2.49 bits per heavy atom. The Morgan fingerprint density at radius 1 is 1.09 bits per heavy atom. The molecule has 3 saturated carbocycles. The van der Waals surface area contributed by atoms with Crippen molar-refractivity contribution >= 4 is 11.9 Å². The zero-order valence-electron chi connectivity index (χ0n) is 21.6. The maximum atomic E-state index is 13.3. The van der Waals surface area contributed by atoms with Crippen molar-refractivity contribution < 1.29 is 33.3 Å². The van der Waals surface area contributed by atoms with Crippen LogP contribution >= 0.6 is 0 Å². The van der Waals surface area contributed by atoms with Crippen LogP contribution in [0.4, 0.5) is 0 Å². The lowest BCUT2D eigenvalue weighted by atomic mass is 9.34. The molecule has 3 heterocycles. The van der Waals surface area contributed by atoms with Crippen LogP contribution in [0.1, 0.15) is 85.3 Å². The first-order chi connectivity index (χ1) is 16.3. The highest BCUT2D eigenvalue weighted by molar-refractivity contribution is 5.82. The molecule has 7 heteroatoms. The SMILES string of the molecule is CC(=O)OC1CC2C(C)(C)C(O)CC[C@@]2(C)C2CC[C@@]3(C)C(c4ccoc4)OC(=O)C4OC43[C@]12C. The van der Waals surface area contributed by atoms with E-state index in [1.807, 2.05) is 6.07 Å². The summed E-state index contributed by atoms with van der Waals surface area (Å²) < 4.78 is 24.1. The lowest BCUT2D eigenvalue weighted by Crippen LogP contribution is -2.73. The highest BCUT2D eigenvalue weighted by Crippen LogP contribution is 2.80. The van der Waals surface area contributed by atoms with Gasteiger partial charge in [0, 0.05) is 23.3 Å². The smallest absolute Gasteiger partial charge is 0.339 e. The van der Waals surface area contributed by atoms with Gasteiger partial charge in [-0.3, -0.25) is 4.79 Å². The van der Waals surface area contributed by atoms with Gasteiger partial charge < -0.3 is 23.7 Å². The topological polar surface area (TPSA) is 98.5 Å². The number of carbonyl (C=O) groups excluding carboxylic acids is 2. The number of aliphatic hydroxyl groups is 1. The van der Waals surface area contributed by atoms with Crippen molar-refractivity contribution in [3.05, 3.63) is 24.2 Å². The van der Waals surface area contributed by atoms with Crippen LogP contribution in [0.3, 0.4) is 0 Å². The second-order valence-corrected chi connectivity index (χ2v) is 13.2. The number of hydrogen-bond acceptors (Lipinski definition) is 7. The molecular weight excluding hydrogens is 448 g/mol. The molecule has 10 atom stereocenters. The molecule has 35 heavy (non-hydrogen) atoms. The quantitative estimate of drug-likeness (QED) is 0.483. The van der Waals surface area contributed by atoms with Gasteiger partial charge in [0.05, 0.1) is 18.6 Å². The van der Waals surface area contributed by atoms with Gasteiger partial charge in [-0.2, -0.15) is 0 Å². The highest BCUT2D eigenvalue weighted by Gasteiger charge is 2.88. The third-order valence-electron chi connectivity index (χ3n) is 11.5. The third kappa shape index (κ3) is 2.59. The molecule has 0 amide bonds. The molecule has 192 valence electrons. The van der Waals surface area contributed by atoms with Gasteiger partial charge in [0.25, 0.3) is 0 Å². The fourth-order valence-corrected chi connectivity index (χ4v) is 9.88. The third-order valence-corrected chi connectivity index (χ3v) is 11.5. The number of fused-ring (bicyclic) bond motifs is 3. The first-order valence-corrected chi connectivity index (χ1v) is 13.1. The molecule has 3 aliphatic carbocycles. The van der Waals surface area contributed by atoms with Crippen molar-refractivity contribution in [2.24, 2.45) is 33.5 Å². The number of rotatable bonds is 2. The summed E-state index contributed by atoms with van der Waals surface area (Å²) in [6.07, 6.45) is 5.33. The van der Waals surface area contributed by atoms with Crippen molar-refractivity contribution in [1.82, 2.24) is 0 Å². The van der Waals surface area contributed by atoms with Crippen LogP contribution in [0.5, 0.6) is 0 Å². The number of aliphatic hydroxyl groups excluding tert-OH is 1. The molecular formula is C28H38O7. The maximum absolute atomic E-state index is 13.3. The van der Waals surface area contributed by atoms with E-state index in [1.165, 1.54) is 6.92 Å². The van der Waals surface area contributed by atoms with E-state index in [-0.39, 0.29) is 34.6 Å². The molecule has 5 aliphatic rings. The normalized spacial score (nSPS) is 51.7. The van der Waals surface area contributed by atoms with Crippen LogP contribution in [0, 0.1) is 33.5 Å². The van der Waals surface area contributed by atoms with Gasteiger partial charge in [-0.1, -0.05) is 34.6 Å². The summed E-state index contributed by atoms with van der Waals surface area (Å²) in [6.45, 7) is 12.5. The molecule has 7 unspecified atom stereocenters. The minimum atomic E-state index is -0.797. The molecule has 2 saturated heterocycles. The summed E-state index contributed by atoms with van der Waals surface area (Å²) in [5, 5.41) is 11.0. The summed E-state index contributed by atoms with van der Waals surface area (Å²) >= 11 is 0. The molecule has 1 N–H and O–H groups in total. The predicted molar refractivity (Wildman–Crippen MR) is 125 cm³/mol. The average Bonchev–Trinajstić information content (AvgIpc) is 3.35. The Labute approximate surface area is 206 Å². The number of ether oxygens (including phenoxy) is 3. The molecule has 5 fully saturated rings. The van der Waals surface area contributed by atoms with Crippen LogP contribution in [-0.2, 0) is 23.8 Å². The van der Waals surface area contributed by atoms with Crippen LogP contribution in [0.25, 0.3) is 0 Å². The van der Waals surface area contributed by atoms with Gasteiger partial charge in [0.2, 0.25) is 0 Å². The van der Waals surface area contributed by atoms with Crippen molar-refractivity contribution in [3.63, 3.8) is 0 Å². The first kappa shape index (κ1) is 23.5. The van der Waals surface area contributed by atoms with Crippen LogP contribution in [0.15, 0.2) is 23.0 Å². The Hall–Kier alpha value is -1.86. The van der Waals surface area contributed by atoms with Gasteiger partial charge in [-0.05, 0) is 60.8 Å². The van der Waals surface area contributed by atoms with Gasteiger partial charge in [-0.25, -0.2) is 4.79 Å². The monoisotopic (exact) mass is 486 g/mol. The molecule has 0 radical (unpaired) electrons. The standard InChI is InChI=1S/C28H38O7/c1-15(29)33-20-13-18-24(2,3)19(30)8-10-25(18,4)17-7-11-26(5)21(16-9-12-32-14-16)34-23(31)22-28(26,35-22)27(17,20)6/h9,12,14,17-22,30H,7-8,10-11,13H2,1-6H3/t17?,18?,19?,20?,21?,22?,25-,26-,27-,28?/m0/s1. The van der Waals surface area contributed by atoms with E-state index in [9.17, 15) is 14.7 Å². The Kier molecular flexibility index (Phi) is 4.65. The summed E-state index contributed by atoms with van der Waals surface area (Å²) in [6, 6.07) is 1.86. The van der Waals surface area contributed by atoms with Crippen molar-refractivity contribution in [2.45, 2.75) is 104 Å². The van der Waals surface area contributed by atoms with Crippen molar-refractivity contribution in [3.8, 4) is 0 Å². The maximum Gasteiger partial charge on any atom is 0.339 e. The Bertz CT molecular complexity index is 1060. The minimum Gasteiger partial charge on any atom is -0.472 e. The first-order valence-electron chi connectivity index (χ1n) is 13.1. The number of cyclic esters (lactones) is 1. The van der Waals surface area contributed by atoms with Gasteiger partial charge in [0.15, 0.2) is 6.10 Å². The fraction of sp³-hybridized carbons (Fsp3) is 0.786. The van der Waals surface area contributed by atoms with Crippen molar-refractivity contribution in [2.75, 3.05) is 0 Å². The van der Waals surface area contributed by atoms with E-state index in [0.29, 0.717) is 6.42 Å². The molecule has 6 rings (SSSR count). The number of epoxide rings is 1. The molecule has 2 aliphatic heterocycles. The molecule has 1 aromatic rings. The van der Waals surface area contributed by atoms with Gasteiger partial charge in [0.1, 0.15) is 17.8 Å². The Balaban J connectivity index is 1.53. The summed E-state index contributed by atoms with van der Waals surface area (Å²) in [5.74, 6) is -0.319. The van der Waals surface area contributed by atoms with Crippen LogP contribution in [0.2, 0.25) is 0 Å². The van der Waals surface area contributed by atoms with Gasteiger partial charge >= 0.3 is 11.9 Å². The number of carbonyl (C=O) groups is 2. The lowest BCUT2D eigenvalue weighted by Gasteiger charge is -2.70.